The van der Waals surface area contributed by atoms with Crippen molar-refractivity contribution in [2.24, 2.45) is 0 Å². The lowest BCUT2D eigenvalue weighted by Crippen LogP contribution is -2.08. The van der Waals surface area contributed by atoms with Crippen LogP contribution in [-0.2, 0) is 0 Å². The highest BCUT2D eigenvalue weighted by Gasteiger charge is 2.07. The van der Waals surface area contributed by atoms with Crippen LogP contribution in [0.4, 0.5) is 11.4 Å². The Bertz CT molecular complexity index is 570. The molecule has 0 spiro atoms. The van der Waals surface area contributed by atoms with Crippen molar-refractivity contribution in [3.05, 3.63) is 59.7 Å². The topological polar surface area (TPSA) is 61.8 Å². The molecule has 0 unspecified atom stereocenters. The van der Waals surface area contributed by atoms with Gasteiger partial charge in [-0.3, -0.25) is 0 Å². The second-order valence-corrected chi connectivity index (χ2v) is 4.19. The van der Waals surface area contributed by atoms with Crippen molar-refractivity contribution in [3.63, 3.8) is 0 Å². The number of benzene rings is 2. The highest BCUT2D eigenvalue weighted by atomic mass is 14.9. The van der Waals surface area contributed by atoms with Gasteiger partial charge in [0.2, 0.25) is 0 Å². The molecule has 2 aromatic carbocycles. The van der Waals surface area contributed by atoms with Gasteiger partial charge in [0.25, 0.3) is 0 Å². The molecule has 0 aliphatic rings. The maximum atomic E-state index is 8.89. The van der Waals surface area contributed by atoms with Crippen molar-refractivity contribution in [2.45, 2.75) is 13.0 Å². The van der Waals surface area contributed by atoms with Crippen molar-refractivity contribution in [2.75, 3.05) is 11.1 Å². The van der Waals surface area contributed by atoms with Crippen molar-refractivity contribution < 1.29 is 0 Å². The Morgan fingerprint density at radius 1 is 1.17 bits per heavy atom. The summed E-state index contributed by atoms with van der Waals surface area (Å²) in [5.74, 6) is 0. The molecular formula is C15H15N3. The number of nitrogens with zero attached hydrogens (tertiary/aromatic N) is 1. The fourth-order valence-electron chi connectivity index (χ4n) is 1.81. The van der Waals surface area contributed by atoms with Crippen LogP contribution in [0.2, 0.25) is 0 Å². The van der Waals surface area contributed by atoms with Crippen LogP contribution in [0, 0.1) is 11.3 Å². The van der Waals surface area contributed by atoms with Crippen molar-refractivity contribution >= 4 is 11.4 Å². The average molecular weight is 237 g/mol. The Hall–Kier alpha value is -2.47. The number of hydrogen-bond donors (Lipinski definition) is 2. The van der Waals surface area contributed by atoms with Crippen LogP contribution >= 0.6 is 0 Å². The average Bonchev–Trinajstić information content (AvgIpc) is 2.42. The lowest BCUT2D eigenvalue weighted by molar-refractivity contribution is 0.885. The zero-order valence-corrected chi connectivity index (χ0v) is 10.2. The molecular weight excluding hydrogens is 222 g/mol. The third kappa shape index (κ3) is 2.61. The summed E-state index contributed by atoms with van der Waals surface area (Å²) in [7, 11) is 0. The molecule has 0 aliphatic carbocycles. The first-order valence-electron chi connectivity index (χ1n) is 5.82. The van der Waals surface area contributed by atoms with E-state index in [9.17, 15) is 0 Å². The summed E-state index contributed by atoms with van der Waals surface area (Å²) in [6.45, 7) is 2.06. The molecule has 3 nitrogen and oxygen atoms in total. The summed E-state index contributed by atoms with van der Waals surface area (Å²) < 4.78 is 0. The van der Waals surface area contributed by atoms with Crippen LogP contribution in [0.25, 0.3) is 0 Å². The zero-order valence-electron chi connectivity index (χ0n) is 10.2. The second-order valence-electron chi connectivity index (χ2n) is 4.19. The van der Waals surface area contributed by atoms with Gasteiger partial charge in [-0.15, -0.1) is 0 Å². The highest BCUT2D eigenvalue weighted by molar-refractivity contribution is 5.68. The number of nitrogens with one attached hydrogen (secondary N) is 1. The molecule has 2 rings (SSSR count). The SMILES string of the molecule is C[C@H](Nc1cc(C#N)ccc1N)c1ccccc1. The van der Waals surface area contributed by atoms with Gasteiger partial charge in [0.05, 0.1) is 23.0 Å². The van der Waals surface area contributed by atoms with E-state index in [1.807, 2.05) is 18.2 Å². The van der Waals surface area contributed by atoms with Crippen LogP contribution < -0.4 is 11.1 Å². The van der Waals surface area contributed by atoms with Crippen LogP contribution in [-0.4, -0.2) is 0 Å². The van der Waals surface area contributed by atoms with E-state index in [0.29, 0.717) is 11.3 Å². The number of nitriles is 1. The fourth-order valence-corrected chi connectivity index (χ4v) is 1.81. The monoisotopic (exact) mass is 237 g/mol. The Balaban J connectivity index is 2.22. The summed E-state index contributed by atoms with van der Waals surface area (Å²) in [5.41, 5.74) is 9.13. The first kappa shape index (κ1) is 12.0. The molecule has 0 aliphatic heterocycles. The van der Waals surface area contributed by atoms with E-state index < -0.39 is 0 Å². The van der Waals surface area contributed by atoms with Crippen molar-refractivity contribution in [1.29, 1.82) is 5.26 Å². The van der Waals surface area contributed by atoms with Crippen LogP contribution in [0.1, 0.15) is 24.1 Å². The molecule has 0 fully saturated rings. The maximum absolute atomic E-state index is 8.89. The number of rotatable bonds is 3. The largest absolute Gasteiger partial charge is 0.397 e. The van der Waals surface area contributed by atoms with Gasteiger partial charge in [0.1, 0.15) is 0 Å². The summed E-state index contributed by atoms with van der Waals surface area (Å²) in [4.78, 5) is 0. The van der Waals surface area contributed by atoms with Gasteiger partial charge in [-0.2, -0.15) is 5.26 Å². The number of anilines is 2. The maximum Gasteiger partial charge on any atom is 0.0992 e. The van der Waals surface area contributed by atoms with E-state index in [1.54, 1.807) is 18.2 Å². The molecule has 0 saturated carbocycles. The lowest BCUT2D eigenvalue weighted by Gasteiger charge is -2.17. The first-order valence-corrected chi connectivity index (χ1v) is 5.82. The van der Waals surface area contributed by atoms with E-state index in [0.717, 1.165) is 5.69 Å². The molecule has 18 heavy (non-hydrogen) atoms. The van der Waals surface area contributed by atoms with Crippen LogP contribution in [0.15, 0.2) is 48.5 Å². The van der Waals surface area contributed by atoms with E-state index in [2.05, 4.69) is 30.4 Å². The standard InChI is InChI=1S/C15H15N3/c1-11(13-5-3-2-4-6-13)18-15-9-12(10-16)7-8-14(15)17/h2-9,11,18H,17H2,1H3/t11-/m0/s1. The van der Waals surface area contributed by atoms with Crippen molar-refractivity contribution in [3.8, 4) is 6.07 Å². The predicted octanol–water partition coefficient (Wildman–Crippen LogP) is 3.31. The molecule has 0 radical (unpaired) electrons. The number of nitrogen functional groups attached to an aromatic ring is 1. The lowest BCUT2D eigenvalue weighted by atomic mass is 10.1. The third-order valence-electron chi connectivity index (χ3n) is 2.85. The number of hydrogen-bond acceptors (Lipinski definition) is 3. The molecule has 3 heteroatoms. The second kappa shape index (κ2) is 5.24. The summed E-state index contributed by atoms with van der Waals surface area (Å²) in [5, 5.41) is 12.2. The quantitative estimate of drug-likeness (QED) is 0.805. The van der Waals surface area contributed by atoms with Gasteiger partial charge in [-0.25, -0.2) is 0 Å². The van der Waals surface area contributed by atoms with Crippen molar-refractivity contribution in [1.82, 2.24) is 0 Å². The Morgan fingerprint density at radius 2 is 1.89 bits per heavy atom. The molecule has 0 aromatic heterocycles. The van der Waals surface area contributed by atoms with E-state index in [-0.39, 0.29) is 6.04 Å². The Labute approximate surface area is 107 Å². The fraction of sp³-hybridized carbons (Fsp3) is 0.133. The van der Waals surface area contributed by atoms with Gasteiger partial charge >= 0.3 is 0 Å². The Morgan fingerprint density at radius 3 is 2.56 bits per heavy atom. The third-order valence-corrected chi connectivity index (χ3v) is 2.85. The normalized spacial score (nSPS) is 11.6. The molecule has 0 bridgehead atoms. The van der Waals surface area contributed by atoms with Gasteiger partial charge in [0.15, 0.2) is 0 Å². The van der Waals surface area contributed by atoms with E-state index >= 15 is 0 Å². The zero-order chi connectivity index (χ0) is 13.0. The van der Waals surface area contributed by atoms with Gasteiger partial charge in [-0.05, 0) is 30.7 Å². The van der Waals surface area contributed by atoms with Gasteiger partial charge in [-0.1, -0.05) is 30.3 Å². The first-order chi connectivity index (χ1) is 8.70. The minimum Gasteiger partial charge on any atom is -0.397 e. The van der Waals surface area contributed by atoms with Gasteiger partial charge < -0.3 is 11.1 Å². The Kier molecular flexibility index (Phi) is 3.49. The predicted molar refractivity (Wildman–Crippen MR) is 74.0 cm³/mol. The smallest absolute Gasteiger partial charge is 0.0992 e. The van der Waals surface area contributed by atoms with Crippen LogP contribution in [0.5, 0.6) is 0 Å². The molecule has 90 valence electrons. The van der Waals surface area contributed by atoms with Gasteiger partial charge in [0, 0.05) is 6.04 Å². The minimum atomic E-state index is 0.141. The minimum absolute atomic E-state index is 0.141. The molecule has 2 aromatic rings. The molecule has 0 heterocycles. The van der Waals surface area contributed by atoms with E-state index in [4.69, 9.17) is 11.0 Å². The highest BCUT2D eigenvalue weighted by Crippen LogP contribution is 2.25. The molecule has 1 atom stereocenters. The summed E-state index contributed by atoms with van der Waals surface area (Å²) >= 11 is 0. The van der Waals surface area contributed by atoms with E-state index in [1.165, 1.54) is 5.56 Å². The molecule has 3 N–H and O–H groups in total. The molecule has 0 saturated heterocycles. The summed E-state index contributed by atoms with van der Waals surface area (Å²) in [6.07, 6.45) is 0. The molecule has 0 amide bonds. The summed E-state index contributed by atoms with van der Waals surface area (Å²) in [6, 6.07) is 17.6. The van der Waals surface area contributed by atoms with Crippen LogP contribution in [0.3, 0.4) is 0 Å². The number of nitrogens with two attached hydrogens (primary N) is 1.